The van der Waals surface area contributed by atoms with Crippen molar-refractivity contribution < 1.29 is 4.42 Å². The van der Waals surface area contributed by atoms with Gasteiger partial charge in [0.15, 0.2) is 5.58 Å². The standard InChI is InChI=1S/C40H23BN2O/c1-2-9-25-20-29(17-16-24(25)8-1)42-36-23-27-11-4-3-10-26(27)22-34(36)41-37-33(21-28-18-19-44-40(28)39(37)42)32-14-7-13-31-30-12-5-6-15-35(30)43(41)38(31)32/h1-23H. The number of rotatable bonds is 1. The van der Waals surface area contributed by atoms with Gasteiger partial charge in [0, 0.05) is 44.1 Å². The lowest BCUT2D eigenvalue weighted by Gasteiger charge is -2.40. The molecule has 2 aromatic heterocycles. The molecule has 2 aliphatic rings. The molecule has 44 heavy (non-hydrogen) atoms. The highest BCUT2D eigenvalue weighted by molar-refractivity contribution is 6.90. The van der Waals surface area contributed by atoms with Crippen LogP contribution in [0.1, 0.15) is 0 Å². The number of anilines is 3. The first-order valence-corrected chi connectivity index (χ1v) is 15.2. The summed E-state index contributed by atoms with van der Waals surface area (Å²) < 4.78 is 9.01. The van der Waals surface area contributed by atoms with Crippen molar-refractivity contribution >= 4 is 89.2 Å². The number of fused-ring (bicyclic) bond motifs is 11. The predicted octanol–water partition coefficient (Wildman–Crippen LogP) is 9.26. The Labute approximate surface area is 253 Å². The monoisotopic (exact) mass is 558 g/mol. The molecule has 2 aliphatic heterocycles. The Morgan fingerprint density at radius 3 is 2.18 bits per heavy atom. The number of aromatic nitrogens is 1. The van der Waals surface area contributed by atoms with Crippen molar-refractivity contribution in [3.63, 3.8) is 0 Å². The van der Waals surface area contributed by atoms with Crippen LogP contribution in [-0.2, 0) is 0 Å². The third-order valence-electron chi connectivity index (χ3n) is 9.95. The van der Waals surface area contributed by atoms with Crippen molar-refractivity contribution in [3.05, 3.63) is 140 Å². The molecule has 0 radical (unpaired) electrons. The summed E-state index contributed by atoms with van der Waals surface area (Å²) in [6, 6.07) is 49.1. The summed E-state index contributed by atoms with van der Waals surface area (Å²) in [6.07, 6.45) is 1.84. The third kappa shape index (κ3) is 2.74. The molecular formula is C40H23BN2O. The SMILES string of the molecule is c1ccc2cc(N3c4cc5ccccc5cc4B4c5c(cc6ccoc6c53)-c3cccc5c6ccccc6n4c35)ccc2c1. The number of nitrogens with zero attached hydrogens (tertiary/aromatic N) is 2. The minimum atomic E-state index is -0.0110. The first-order chi connectivity index (χ1) is 21.8. The predicted molar refractivity (Wildman–Crippen MR) is 185 cm³/mol. The largest absolute Gasteiger partial charge is 0.462 e. The van der Waals surface area contributed by atoms with Gasteiger partial charge in [0.25, 0.3) is 0 Å². The van der Waals surface area contributed by atoms with Crippen LogP contribution >= 0.6 is 0 Å². The second-order valence-corrected chi connectivity index (χ2v) is 12.1. The first kappa shape index (κ1) is 22.8. The van der Waals surface area contributed by atoms with E-state index >= 15 is 0 Å². The van der Waals surface area contributed by atoms with Crippen molar-refractivity contribution in [1.82, 2.24) is 4.48 Å². The molecular weight excluding hydrogens is 535 g/mol. The van der Waals surface area contributed by atoms with Gasteiger partial charge < -0.3 is 13.8 Å². The Balaban J connectivity index is 1.37. The van der Waals surface area contributed by atoms with Crippen molar-refractivity contribution in [2.45, 2.75) is 0 Å². The molecule has 0 saturated heterocycles. The van der Waals surface area contributed by atoms with Gasteiger partial charge in [0.2, 0.25) is 0 Å². The van der Waals surface area contributed by atoms with E-state index in [0.29, 0.717) is 0 Å². The minimum Gasteiger partial charge on any atom is -0.462 e. The van der Waals surface area contributed by atoms with Crippen LogP contribution in [0.4, 0.5) is 17.1 Å². The van der Waals surface area contributed by atoms with Gasteiger partial charge in [0.1, 0.15) is 0 Å². The summed E-state index contributed by atoms with van der Waals surface area (Å²) in [5.41, 5.74) is 12.1. The Morgan fingerprint density at radius 2 is 1.30 bits per heavy atom. The van der Waals surface area contributed by atoms with E-state index in [9.17, 15) is 0 Å². The molecule has 3 nitrogen and oxygen atoms in total. The molecule has 4 heterocycles. The molecule has 202 valence electrons. The zero-order chi connectivity index (χ0) is 28.5. The van der Waals surface area contributed by atoms with Gasteiger partial charge in [-0.1, -0.05) is 97.1 Å². The fourth-order valence-corrected chi connectivity index (χ4v) is 8.15. The minimum absolute atomic E-state index is 0.0110. The molecule has 0 atom stereocenters. The number of benzene rings is 7. The summed E-state index contributed by atoms with van der Waals surface area (Å²) in [7, 11) is 0. The molecule has 0 unspecified atom stereocenters. The summed E-state index contributed by atoms with van der Waals surface area (Å²) in [5.74, 6) is 0. The fourth-order valence-electron chi connectivity index (χ4n) is 8.15. The Kier molecular flexibility index (Phi) is 4.15. The van der Waals surface area contributed by atoms with Gasteiger partial charge in [0.05, 0.1) is 12.0 Å². The van der Waals surface area contributed by atoms with Crippen LogP contribution in [0, 0.1) is 0 Å². The van der Waals surface area contributed by atoms with E-state index in [4.69, 9.17) is 4.42 Å². The van der Waals surface area contributed by atoms with E-state index in [1.807, 2.05) is 6.26 Å². The summed E-state index contributed by atoms with van der Waals surface area (Å²) >= 11 is 0. The van der Waals surface area contributed by atoms with Gasteiger partial charge in [-0.3, -0.25) is 0 Å². The highest BCUT2D eigenvalue weighted by atomic mass is 16.3. The topological polar surface area (TPSA) is 21.3 Å². The van der Waals surface area contributed by atoms with E-state index in [0.717, 1.165) is 22.3 Å². The van der Waals surface area contributed by atoms with Gasteiger partial charge in [-0.25, -0.2) is 0 Å². The first-order valence-electron chi connectivity index (χ1n) is 15.2. The van der Waals surface area contributed by atoms with Gasteiger partial charge >= 0.3 is 6.85 Å². The highest BCUT2D eigenvalue weighted by Gasteiger charge is 2.44. The van der Waals surface area contributed by atoms with E-state index < -0.39 is 0 Å². The van der Waals surface area contributed by atoms with Crippen LogP contribution in [0.25, 0.3) is 65.4 Å². The van der Waals surface area contributed by atoms with Crippen LogP contribution in [0.2, 0.25) is 0 Å². The normalized spacial score (nSPS) is 13.4. The maximum absolute atomic E-state index is 6.41. The van der Waals surface area contributed by atoms with Crippen molar-refractivity contribution in [3.8, 4) is 11.1 Å². The lowest BCUT2D eigenvalue weighted by atomic mass is 9.45. The molecule has 9 aromatic rings. The summed E-state index contributed by atoms with van der Waals surface area (Å²) in [6.45, 7) is -0.0110. The molecule has 0 amide bonds. The van der Waals surface area contributed by atoms with Crippen molar-refractivity contribution in [1.29, 1.82) is 0 Å². The lowest BCUT2D eigenvalue weighted by Crippen LogP contribution is -2.56. The van der Waals surface area contributed by atoms with Crippen LogP contribution in [0.15, 0.2) is 144 Å². The van der Waals surface area contributed by atoms with Gasteiger partial charge in [-0.2, -0.15) is 0 Å². The Hall–Kier alpha value is -5.74. The molecule has 0 N–H and O–H groups in total. The van der Waals surface area contributed by atoms with E-state index in [2.05, 4.69) is 143 Å². The molecule has 0 fully saturated rings. The summed E-state index contributed by atoms with van der Waals surface area (Å²) in [4.78, 5) is 2.46. The number of para-hydroxylation sites is 2. The van der Waals surface area contributed by atoms with Gasteiger partial charge in [-0.05, 0) is 74.4 Å². The average molecular weight is 558 g/mol. The van der Waals surface area contributed by atoms with Crippen LogP contribution < -0.4 is 15.8 Å². The third-order valence-corrected chi connectivity index (χ3v) is 9.95. The maximum Gasteiger partial charge on any atom is 0.333 e. The number of hydrogen-bond donors (Lipinski definition) is 0. The number of hydrogen-bond acceptors (Lipinski definition) is 2. The van der Waals surface area contributed by atoms with E-state index in [1.54, 1.807) is 0 Å². The zero-order valence-electron chi connectivity index (χ0n) is 23.7. The number of furan rings is 1. The molecule has 0 aliphatic carbocycles. The molecule has 11 rings (SSSR count). The molecule has 0 saturated carbocycles. The van der Waals surface area contributed by atoms with E-state index in [1.165, 1.54) is 71.1 Å². The van der Waals surface area contributed by atoms with Crippen LogP contribution in [-0.4, -0.2) is 11.3 Å². The highest BCUT2D eigenvalue weighted by Crippen LogP contribution is 2.48. The quantitative estimate of drug-likeness (QED) is 0.187. The zero-order valence-corrected chi connectivity index (χ0v) is 23.7. The second kappa shape index (κ2) is 8.00. The smallest absolute Gasteiger partial charge is 0.333 e. The van der Waals surface area contributed by atoms with Crippen LogP contribution in [0.5, 0.6) is 0 Å². The van der Waals surface area contributed by atoms with Crippen LogP contribution in [0.3, 0.4) is 0 Å². The fraction of sp³-hybridized carbons (Fsp3) is 0. The van der Waals surface area contributed by atoms with Crippen molar-refractivity contribution in [2.24, 2.45) is 0 Å². The Morgan fingerprint density at radius 1 is 0.545 bits per heavy atom. The second-order valence-electron chi connectivity index (χ2n) is 12.1. The molecule has 4 heteroatoms. The molecule has 0 bridgehead atoms. The Bertz CT molecular complexity index is 2700. The van der Waals surface area contributed by atoms with E-state index in [-0.39, 0.29) is 6.85 Å². The molecule has 0 spiro atoms. The van der Waals surface area contributed by atoms with Crippen molar-refractivity contribution in [2.75, 3.05) is 4.90 Å². The lowest BCUT2D eigenvalue weighted by molar-refractivity contribution is 0.616. The summed E-state index contributed by atoms with van der Waals surface area (Å²) in [5, 5.41) is 8.65. The maximum atomic E-state index is 6.41. The van der Waals surface area contributed by atoms with Gasteiger partial charge in [-0.15, -0.1) is 0 Å². The molecule has 7 aromatic carbocycles. The average Bonchev–Trinajstić information content (AvgIpc) is 3.69.